The second-order valence-electron chi connectivity index (χ2n) is 5.42. The third kappa shape index (κ3) is 2.92. The van der Waals surface area contributed by atoms with Gasteiger partial charge in [0.05, 0.1) is 5.69 Å². The fourth-order valence-electron chi connectivity index (χ4n) is 2.89. The van der Waals surface area contributed by atoms with Gasteiger partial charge >= 0.3 is 0 Å². The third-order valence-electron chi connectivity index (χ3n) is 4.05. The summed E-state index contributed by atoms with van der Waals surface area (Å²) < 4.78 is 0. The normalized spacial score (nSPS) is 15.1. The van der Waals surface area contributed by atoms with Crippen LogP contribution in [0.4, 0.5) is 11.4 Å². The Bertz CT molecular complexity index is 676. The molecule has 3 heteroatoms. The summed E-state index contributed by atoms with van der Waals surface area (Å²) in [5.74, 6) is 0. The Labute approximate surface area is 125 Å². The van der Waals surface area contributed by atoms with Crippen LogP contribution in [0.15, 0.2) is 59.4 Å². The first-order chi connectivity index (χ1) is 10.3. The molecule has 3 rings (SSSR count). The molecule has 0 radical (unpaired) electrons. The van der Waals surface area contributed by atoms with Gasteiger partial charge in [-0.3, -0.25) is 4.79 Å². The number of rotatable bonds is 2. The summed E-state index contributed by atoms with van der Waals surface area (Å²) in [5.41, 5.74) is 3.52. The van der Waals surface area contributed by atoms with Gasteiger partial charge in [-0.1, -0.05) is 36.4 Å². The van der Waals surface area contributed by atoms with E-state index in [0.717, 1.165) is 31.9 Å². The van der Waals surface area contributed by atoms with Crippen LogP contribution >= 0.6 is 0 Å². The second kappa shape index (κ2) is 6.00. The van der Waals surface area contributed by atoms with E-state index in [1.54, 1.807) is 12.1 Å². The highest BCUT2D eigenvalue weighted by Crippen LogP contribution is 2.21. The van der Waals surface area contributed by atoms with Gasteiger partial charge in [0.1, 0.15) is 0 Å². The monoisotopic (exact) mass is 280 g/mol. The summed E-state index contributed by atoms with van der Waals surface area (Å²) in [6.45, 7) is 5.81. The molecule has 0 atom stereocenters. The summed E-state index contributed by atoms with van der Waals surface area (Å²) in [5, 5.41) is 0. The highest BCUT2D eigenvalue weighted by atomic mass is 16.1. The van der Waals surface area contributed by atoms with Crippen molar-refractivity contribution in [2.24, 2.45) is 0 Å². The van der Waals surface area contributed by atoms with Crippen molar-refractivity contribution in [3.63, 3.8) is 0 Å². The number of anilines is 2. The molecule has 1 fully saturated rings. The lowest BCUT2D eigenvalue weighted by molar-refractivity contribution is 0.651. The zero-order valence-corrected chi connectivity index (χ0v) is 12.3. The molecule has 108 valence electrons. The molecule has 1 heterocycles. The van der Waals surface area contributed by atoms with Crippen LogP contribution in [0.3, 0.4) is 0 Å². The zero-order valence-electron chi connectivity index (χ0n) is 12.3. The molecular formula is C18H20N2O. The largest absolute Gasteiger partial charge is 0.368 e. The average molecular weight is 280 g/mol. The number of benzene rings is 1. The average Bonchev–Trinajstić information content (AvgIpc) is 2.73. The molecule has 21 heavy (non-hydrogen) atoms. The van der Waals surface area contributed by atoms with E-state index in [2.05, 4.69) is 41.0 Å². The fraction of sp³-hybridized carbons (Fsp3) is 0.278. The molecule has 1 aliphatic rings. The van der Waals surface area contributed by atoms with Crippen molar-refractivity contribution in [1.82, 2.24) is 0 Å². The Morgan fingerprint density at radius 1 is 0.714 bits per heavy atom. The van der Waals surface area contributed by atoms with E-state index in [1.165, 1.54) is 11.3 Å². The van der Waals surface area contributed by atoms with E-state index in [1.807, 2.05) is 18.2 Å². The summed E-state index contributed by atoms with van der Waals surface area (Å²) >= 11 is 0. The minimum absolute atomic E-state index is 0.101. The van der Waals surface area contributed by atoms with E-state index >= 15 is 0 Å². The van der Waals surface area contributed by atoms with E-state index < -0.39 is 0 Å². The van der Waals surface area contributed by atoms with E-state index in [-0.39, 0.29) is 5.43 Å². The molecule has 0 aliphatic carbocycles. The van der Waals surface area contributed by atoms with E-state index in [0.29, 0.717) is 0 Å². The molecule has 2 aromatic carbocycles. The number of hydrogen-bond acceptors (Lipinski definition) is 3. The smallest absolute Gasteiger partial charge is 0.201 e. The number of nitrogens with zero attached hydrogens (tertiary/aromatic N) is 2. The van der Waals surface area contributed by atoms with Crippen LogP contribution in [-0.4, -0.2) is 26.2 Å². The lowest BCUT2D eigenvalue weighted by Crippen LogP contribution is -2.47. The van der Waals surface area contributed by atoms with Gasteiger partial charge in [0, 0.05) is 31.9 Å². The first-order valence-corrected chi connectivity index (χ1v) is 7.40. The maximum Gasteiger partial charge on any atom is 0.201 e. The van der Waals surface area contributed by atoms with Crippen molar-refractivity contribution < 1.29 is 0 Å². The standard InChI is InChI=1S/C18H20N2O/c1-15-7-5-6-8-16(15)19-11-13-20(14-12-19)17-9-3-2-4-10-18(17)21/h2-10H,11-14H2,1H3. The molecule has 0 spiro atoms. The molecule has 0 saturated carbocycles. The van der Waals surface area contributed by atoms with Gasteiger partial charge in [0.2, 0.25) is 5.43 Å². The first kappa shape index (κ1) is 13.7. The predicted octanol–water partition coefficient (Wildman–Crippen LogP) is 2.68. The highest BCUT2D eigenvalue weighted by Gasteiger charge is 2.19. The van der Waals surface area contributed by atoms with Gasteiger partial charge in [-0.25, -0.2) is 0 Å². The van der Waals surface area contributed by atoms with Crippen molar-refractivity contribution in [3.8, 4) is 0 Å². The first-order valence-electron chi connectivity index (χ1n) is 7.40. The SMILES string of the molecule is Cc1ccccc1N1CCN(c2cccccc2=O)CC1. The lowest BCUT2D eigenvalue weighted by atomic mass is 10.1. The minimum Gasteiger partial charge on any atom is -0.368 e. The highest BCUT2D eigenvalue weighted by molar-refractivity contribution is 5.55. The van der Waals surface area contributed by atoms with E-state index in [9.17, 15) is 4.79 Å². The molecule has 0 amide bonds. The molecule has 0 aromatic heterocycles. The van der Waals surface area contributed by atoms with Gasteiger partial charge < -0.3 is 9.80 Å². The van der Waals surface area contributed by atoms with Crippen molar-refractivity contribution in [3.05, 3.63) is 70.4 Å². The van der Waals surface area contributed by atoms with Crippen LogP contribution in [0.5, 0.6) is 0 Å². The Morgan fingerprint density at radius 3 is 1.95 bits per heavy atom. The van der Waals surface area contributed by atoms with Crippen LogP contribution in [0, 0.1) is 6.92 Å². The van der Waals surface area contributed by atoms with Crippen LogP contribution in [0.2, 0.25) is 0 Å². The van der Waals surface area contributed by atoms with Gasteiger partial charge in [0.25, 0.3) is 0 Å². The molecule has 1 aliphatic heterocycles. The Kier molecular flexibility index (Phi) is 3.91. The second-order valence-corrected chi connectivity index (χ2v) is 5.42. The number of para-hydroxylation sites is 1. The summed E-state index contributed by atoms with van der Waals surface area (Å²) in [7, 11) is 0. The number of piperazine rings is 1. The lowest BCUT2D eigenvalue weighted by Gasteiger charge is -2.37. The molecular weight excluding hydrogens is 260 g/mol. The minimum atomic E-state index is 0.101. The Hall–Kier alpha value is -2.29. The quantitative estimate of drug-likeness (QED) is 0.845. The summed E-state index contributed by atoms with van der Waals surface area (Å²) in [6.07, 6.45) is 0. The van der Waals surface area contributed by atoms with Crippen LogP contribution in [0.1, 0.15) is 5.56 Å². The predicted molar refractivity (Wildman–Crippen MR) is 88.3 cm³/mol. The van der Waals surface area contributed by atoms with Crippen LogP contribution in [0.25, 0.3) is 0 Å². The molecule has 1 saturated heterocycles. The van der Waals surface area contributed by atoms with Crippen LogP contribution in [-0.2, 0) is 0 Å². The Morgan fingerprint density at radius 2 is 1.24 bits per heavy atom. The molecule has 3 nitrogen and oxygen atoms in total. The number of hydrogen-bond donors (Lipinski definition) is 0. The van der Waals surface area contributed by atoms with Crippen molar-refractivity contribution >= 4 is 11.4 Å². The molecule has 0 N–H and O–H groups in total. The third-order valence-corrected chi connectivity index (χ3v) is 4.05. The van der Waals surface area contributed by atoms with Crippen molar-refractivity contribution in [2.75, 3.05) is 36.0 Å². The topological polar surface area (TPSA) is 23.6 Å². The van der Waals surface area contributed by atoms with Gasteiger partial charge in [0.15, 0.2) is 0 Å². The summed E-state index contributed by atoms with van der Waals surface area (Å²) in [6, 6.07) is 17.7. The fourth-order valence-corrected chi connectivity index (χ4v) is 2.89. The van der Waals surface area contributed by atoms with Crippen molar-refractivity contribution in [1.29, 1.82) is 0 Å². The van der Waals surface area contributed by atoms with Gasteiger partial charge in [-0.05, 0) is 30.7 Å². The Balaban J connectivity index is 1.76. The molecule has 2 aromatic rings. The number of aryl methyl sites for hydroxylation is 1. The van der Waals surface area contributed by atoms with Crippen LogP contribution < -0.4 is 15.2 Å². The van der Waals surface area contributed by atoms with E-state index in [4.69, 9.17) is 0 Å². The van der Waals surface area contributed by atoms with Gasteiger partial charge in [-0.15, -0.1) is 0 Å². The zero-order chi connectivity index (χ0) is 14.7. The maximum atomic E-state index is 12.1. The molecule has 0 unspecified atom stereocenters. The van der Waals surface area contributed by atoms with Crippen molar-refractivity contribution in [2.45, 2.75) is 6.92 Å². The molecule has 0 bridgehead atoms. The summed E-state index contributed by atoms with van der Waals surface area (Å²) in [4.78, 5) is 16.7. The van der Waals surface area contributed by atoms with Gasteiger partial charge in [-0.2, -0.15) is 0 Å². The maximum absolute atomic E-state index is 12.1.